The molecular weight excluding hydrogens is 352 g/mol. The largest absolute Gasteiger partial charge is 0.449 e. The van der Waals surface area contributed by atoms with Crippen LogP contribution in [0.4, 0.5) is 0 Å². The van der Waals surface area contributed by atoms with E-state index in [0.717, 1.165) is 24.0 Å². The van der Waals surface area contributed by atoms with Gasteiger partial charge in [-0.2, -0.15) is 0 Å². The number of pyridine rings is 1. The van der Waals surface area contributed by atoms with Crippen LogP contribution < -0.4 is 0 Å². The number of carbonyl (C=O) groups excluding carboxylic acids is 2. The maximum atomic E-state index is 13.3. The summed E-state index contributed by atoms with van der Waals surface area (Å²) in [6.07, 6.45) is 5.43. The number of aromatic nitrogens is 1. The molecule has 1 unspecified atom stereocenters. The Balaban J connectivity index is 1.45. The minimum Gasteiger partial charge on any atom is -0.449 e. The Morgan fingerprint density at radius 1 is 1.15 bits per heavy atom. The Morgan fingerprint density at radius 3 is 2.73 bits per heavy atom. The van der Waals surface area contributed by atoms with Crippen LogP contribution in [0.3, 0.4) is 0 Å². The lowest BCUT2D eigenvalue weighted by molar-refractivity contribution is -0.134. The van der Waals surface area contributed by atoms with Crippen molar-refractivity contribution in [3.05, 3.63) is 64.4 Å². The summed E-state index contributed by atoms with van der Waals surface area (Å²) in [4.78, 5) is 31.4. The molecule has 132 valence electrons. The lowest BCUT2D eigenvalue weighted by Crippen LogP contribution is -2.40. The first-order valence-corrected chi connectivity index (χ1v) is 9.16. The summed E-state index contributed by atoms with van der Waals surface area (Å²) in [6, 6.07) is 9.39. The lowest BCUT2D eigenvalue weighted by atomic mass is 9.92. The maximum Gasteiger partial charge on any atom is 0.341 e. The highest BCUT2D eigenvalue weighted by molar-refractivity contribution is 6.31. The Morgan fingerprint density at radius 2 is 1.96 bits per heavy atom. The molecule has 1 saturated heterocycles. The Kier molecular flexibility index (Phi) is 3.23. The number of nitrogens with zero attached hydrogens (tertiary/aromatic N) is 2. The summed E-state index contributed by atoms with van der Waals surface area (Å²) in [5.74, 6) is -0.268. The van der Waals surface area contributed by atoms with Crippen molar-refractivity contribution in [3.63, 3.8) is 0 Å². The van der Waals surface area contributed by atoms with E-state index in [2.05, 4.69) is 4.98 Å². The molecule has 2 fully saturated rings. The van der Waals surface area contributed by atoms with Crippen molar-refractivity contribution in [1.82, 2.24) is 9.88 Å². The van der Waals surface area contributed by atoms with E-state index < -0.39 is 11.0 Å². The minimum atomic E-state index is -0.735. The van der Waals surface area contributed by atoms with Gasteiger partial charge in [-0.15, -0.1) is 0 Å². The van der Waals surface area contributed by atoms with E-state index in [0.29, 0.717) is 30.1 Å². The molecule has 1 atom stereocenters. The van der Waals surface area contributed by atoms with Crippen molar-refractivity contribution in [2.24, 2.45) is 0 Å². The van der Waals surface area contributed by atoms with E-state index in [4.69, 9.17) is 16.3 Å². The summed E-state index contributed by atoms with van der Waals surface area (Å²) in [5, 5.41) is 0.635. The standard InChI is InChI=1S/C20H17ClN2O3/c21-16-4-2-1-3-15(16)19(6-7-19)18(25)23-10-8-20(12-23)14-5-9-22-11-13(14)17(24)26-20/h1-5,9,11H,6-8,10,12H2. The Hall–Kier alpha value is -2.40. The fourth-order valence-corrected chi connectivity index (χ4v) is 4.69. The van der Waals surface area contributed by atoms with E-state index >= 15 is 0 Å². The number of halogens is 1. The van der Waals surface area contributed by atoms with Crippen molar-refractivity contribution in [2.45, 2.75) is 30.3 Å². The molecule has 5 nitrogen and oxygen atoms in total. The molecule has 1 aromatic heterocycles. The van der Waals surface area contributed by atoms with Crippen LogP contribution in [-0.4, -0.2) is 34.8 Å². The average Bonchev–Trinajstić information content (AvgIpc) is 3.28. The first-order chi connectivity index (χ1) is 12.6. The molecular formula is C20H17ClN2O3. The van der Waals surface area contributed by atoms with Crippen LogP contribution in [0.1, 0.15) is 40.7 Å². The molecule has 0 N–H and O–H groups in total. The van der Waals surface area contributed by atoms with Crippen molar-refractivity contribution >= 4 is 23.5 Å². The fourth-order valence-electron chi connectivity index (χ4n) is 4.38. The van der Waals surface area contributed by atoms with Gasteiger partial charge < -0.3 is 9.64 Å². The van der Waals surface area contributed by atoms with E-state index in [1.54, 1.807) is 12.4 Å². The molecule has 1 saturated carbocycles. The number of esters is 1. The zero-order valence-corrected chi connectivity index (χ0v) is 14.8. The molecule has 2 aromatic rings. The number of likely N-dealkylation sites (tertiary alicyclic amines) is 1. The van der Waals surface area contributed by atoms with Crippen molar-refractivity contribution in [3.8, 4) is 0 Å². The van der Waals surface area contributed by atoms with E-state index in [1.165, 1.54) is 0 Å². The van der Waals surface area contributed by atoms with Gasteiger partial charge in [0.1, 0.15) is 0 Å². The van der Waals surface area contributed by atoms with E-state index in [-0.39, 0.29) is 11.9 Å². The molecule has 0 radical (unpaired) electrons. The summed E-state index contributed by atoms with van der Waals surface area (Å²) < 4.78 is 5.72. The molecule has 1 aromatic carbocycles. The molecule has 6 heteroatoms. The molecule has 1 aliphatic carbocycles. The molecule has 3 heterocycles. The minimum absolute atomic E-state index is 0.0843. The van der Waals surface area contributed by atoms with Crippen LogP contribution in [0.2, 0.25) is 5.02 Å². The third-order valence-corrected chi connectivity index (χ3v) is 6.22. The molecule has 3 aliphatic rings. The van der Waals surface area contributed by atoms with Crippen LogP contribution in [0.25, 0.3) is 0 Å². The highest BCUT2D eigenvalue weighted by Gasteiger charge is 2.58. The van der Waals surface area contributed by atoms with Gasteiger partial charge in [-0.3, -0.25) is 9.78 Å². The van der Waals surface area contributed by atoms with E-state index in [1.807, 2.05) is 35.2 Å². The highest BCUT2D eigenvalue weighted by atomic mass is 35.5. The normalized spacial score (nSPS) is 25.3. The zero-order chi connectivity index (χ0) is 17.9. The average molecular weight is 369 g/mol. The van der Waals surface area contributed by atoms with Gasteiger partial charge in [0.25, 0.3) is 0 Å². The summed E-state index contributed by atoms with van der Waals surface area (Å²) in [5.41, 5.74) is 1.000. The SMILES string of the molecule is O=C1OC2(CCN(C(=O)C3(c4ccccc4Cl)CC3)C2)c2ccncc21. The third kappa shape index (κ3) is 2.07. The van der Waals surface area contributed by atoms with Gasteiger partial charge in [-0.1, -0.05) is 29.8 Å². The number of benzene rings is 1. The topological polar surface area (TPSA) is 59.5 Å². The van der Waals surface area contributed by atoms with Crippen LogP contribution in [0.5, 0.6) is 0 Å². The van der Waals surface area contributed by atoms with Gasteiger partial charge in [0, 0.05) is 35.9 Å². The summed E-state index contributed by atoms with van der Waals surface area (Å²) in [6.45, 7) is 0.959. The number of rotatable bonds is 2. The first kappa shape index (κ1) is 15.8. The van der Waals surface area contributed by atoms with Gasteiger partial charge in [-0.05, 0) is 30.5 Å². The summed E-state index contributed by atoms with van der Waals surface area (Å²) in [7, 11) is 0. The van der Waals surface area contributed by atoms with Gasteiger partial charge in [0.2, 0.25) is 5.91 Å². The van der Waals surface area contributed by atoms with Crippen LogP contribution >= 0.6 is 11.6 Å². The number of fused-ring (bicyclic) bond motifs is 2. The predicted molar refractivity (Wildman–Crippen MR) is 94.9 cm³/mol. The van der Waals surface area contributed by atoms with Gasteiger partial charge in [0.05, 0.1) is 17.5 Å². The second kappa shape index (κ2) is 5.30. The maximum absolute atomic E-state index is 13.3. The van der Waals surface area contributed by atoms with Crippen molar-refractivity contribution in [1.29, 1.82) is 0 Å². The van der Waals surface area contributed by atoms with E-state index in [9.17, 15) is 9.59 Å². The smallest absolute Gasteiger partial charge is 0.341 e. The van der Waals surface area contributed by atoms with Gasteiger partial charge in [0.15, 0.2) is 5.60 Å². The van der Waals surface area contributed by atoms with Crippen LogP contribution in [0, 0.1) is 0 Å². The summed E-state index contributed by atoms with van der Waals surface area (Å²) >= 11 is 6.36. The van der Waals surface area contributed by atoms with Gasteiger partial charge in [-0.25, -0.2) is 4.79 Å². The number of carbonyl (C=O) groups is 2. The zero-order valence-electron chi connectivity index (χ0n) is 14.1. The third-order valence-electron chi connectivity index (χ3n) is 5.89. The first-order valence-electron chi connectivity index (χ1n) is 8.78. The quantitative estimate of drug-likeness (QED) is 0.764. The van der Waals surface area contributed by atoms with Crippen LogP contribution in [-0.2, 0) is 20.5 Å². The molecule has 5 rings (SSSR count). The second-order valence-electron chi connectivity index (χ2n) is 7.34. The van der Waals surface area contributed by atoms with Crippen LogP contribution in [0.15, 0.2) is 42.7 Å². The molecule has 2 aliphatic heterocycles. The van der Waals surface area contributed by atoms with Crippen molar-refractivity contribution < 1.29 is 14.3 Å². The highest BCUT2D eigenvalue weighted by Crippen LogP contribution is 2.53. The predicted octanol–water partition coefficient (Wildman–Crippen LogP) is 3.06. The Bertz CT molecular complexity index is 940. The Labute approximate surface area is 155 Å². The number of hydrogen-bond acceptors (Lipinski definition) is 4. The van der Waals surface area contributed by atoms with Gasteiger partial charge >= 0.3 is 5.97 Å². The fraction of sp³-hybridized carbons (Fsp3) is 0.350. The monoisotopic (exact) mass is 368 g/mol. The second-order valence-corrected chi connectivity index (χ2v) is 7.75. The molecule has 1 spiro atoms. The number of hydrogen-bond donors (Lipinski definition) is 0. The lowest BCUT2D eigenvalue weighted by Gasteiger charge is -2.27. The van der Waals surface area contributed by atoms with Crippen molar-refractivity contribution in [2.75, 3.05) is 13.1 Å². The molecule has 1 amide bonds. The molecule has 26 heavy (non-hydrogen) atoms. The molecule has 0 bridgehead atoms. The number of ether oxygens (including phenoxy) is 1. The number of amides is 1.